The van der Waals surface area contributed by atoms with E-state index in [1.165, 1.54) is 44.6 Å². The highest BCUT2D eigenvalue weighted by Gasteiger charge is 2.53. The van der Waals surface area contributed by atoms with Crippen molar-refractivity contribution >= 4 is 88.5 Å². The molecule has 736 valence electrons. The highest BCUT2D eigenvalue weighted by molar-refractivity contribution is 8.26. The number of nitrogens with one attached hydrogen (secondary N) is 4. The molecular formula is C101H141Cl3N10O19S. The topological polar surface area (TPSA) is 467 Å². The highest BCUT2D eigenvalue weighted by Crippen LogP contribution is 2.55. The second-order valence-electron chi connectivity index (χ2n) is 39.9. The number of pyridine rings is 1. The van der Waals surface area contributed by atoms with Crippen LogP contribution in [0.2, 0.25) is 0 Å². The van der Waals surface area contributed by atoms with Crippen molar-refractivity contribution < 1.29 is 67.4 Å². The lowest BCUT2D eigenvalue weighted by Crippen LogP contribution is -2.56. The van der Waals surface area contributed by atoms with Crippen LogP contribution in [-0.4, -0.2) is 130 Å². The fraction of sp³-hybridized carbons (Fsp3) is 0.594. The molecule has 8 bridgehead atoms. The van der Waals surface area contributed by atoms with Crippen molar-refractivity contribution in [2.75, 3.05) is 32.7 Å². The average Bonchev–Trinajstić information content (AvgIpc) is 0.926. The van der Waals surface area contributed by atoms with Gasteiger partial charge in [0.05, 0.1) is 28.1 Å². The van der Waals surface area contributed by atoms with Gasteiger partial charge in [0.15, 0.2) is 17.3 Å². The van der Waals surface area contributed by atoms with Gasteiger partial charge in [-0.15, -0.1) is 0 Å². The maximum atomic E-state index is 13.2. The minimum absolute atomic E-state index is 0.0305. The molecule has 0 fully saturated rings. The number of nitro groups is 4. The van der Waals surface area contributed by atoms with E-state index in [-0.39, 0.29) is 148 Å². The Morgan fingerprint density at radius 3 is 1.15 bits per heavy atom. The number of H-pyrrole nitrogens is 1. The summed E-state index contributed by atoms with van der Waals surface area (Å²) in [5.74, 6) is -0.407. The lowest BCUT2D eigenvalue weighted by Gasteiger charge is -2.49. The first-order valence-corrected chi connectivity index (χ1v) is 49.8. The Hall–Kier alpha value is -9.59. The number of ketones is 3. The van der Waals surface area contributed by atoms with Gasteiger partial charge in [-0.3, -0.25) is 83.6 Å². The van der Waals surface area contributed by atoms with Crippen LogP contribution >= 0.6 is 33.0 Å². The molecule has 0 aliphatic heterocycles. The van der Waals surface area contributed by atoms with Gasteiger partial charge in [0.25, 0.3) is 0 Å². The molecule has 0 radical (unpaired) electrons. The lowest BCUT2D eigenvalue weighted by molar-refractivity contribution is -0.488. The minimum atomic E-state index is -1.67. The number of carboxylic acids is 1. The number of rotatable bonds is 30. The smallest absolute Gasteiger partial charge is 0.313 e. The van der Waals surface area contributed by atoms with Crippen molar-refractivity contribution in [3.05, 3.63) is 237 Å². The molecule has 0 spiro atoms. The van der Waals surface area contributed by atoms with E-state index < -0.39 is 65.3 Å². The average molecular weight is 1940 g/mol. The van der Waals surface area contributed by atoms with Gasteiger partial charge in [0.1, 0.15) is 5.92 Å². The summed E-state index contributed by atoms with van der Waals surface area (Å²) in [6.07, 6.45) is 39.6. The van der Waals surface area contributed by atoms with Crippen LogP contribution in [0.5, 0.6) is 0 Å². The fourth-order valence-corrected chi connectivity index (χ4v) is 22.3. The number of amides is 3. The molecule has 11 aliphatic carbocycles. The number of aromatic amines is 1. The van der Waals surface area contributed by atoms with Crippen LogP contribution in [0.4, 0.5) is 0 Å². The molecule has 1 aromatic rings. The largest absolute Gasteiger partial charge is 0.481 e. The van der Waals surface area contributed by atoms with Crippen LogP contribution in [0, 0.1) is 123 Å². The Kier molecular flexibility index (Phi) is 43.1. The number of aromatic nitrogens is 1. The third-order valence-electron chi connectivity index (χ3n) is 26.2. The summed E-state index contributed by atoms with van der Waals surface area (Å²) in [6.45, 7) is 35.7. The quantitative estimate of drug-likeness (QED) is 0.0163. The SMILES string of the molecule is C/C=C1\C2C=C(C)CC1(N)C1=C(CC(=O)C=C1)C2.C/C=C1\C2C=C(C)CC1(NC(=O)C[C@@H](CN)CC(C)C)c1ccc(=O)[nH]c1C2.C/C=C1\C2C=C(C)CC1(NC(=O)C[C@H](CC(C)C)C[N+](=O)[O-])C1=C(CC(=O)C=C1)C2.C/C=C1\C2C=C(C)CC1(NC(=O)C[C@H](CC(C)C)C[N+](=O)[O-])C1=C(CC(=O)C=C1)C2.CC(C)CC(C[N+](=O)[O-])C(=O)Cl.CC(C)CC(C[N+](=O)[O-])C(=O)O.O=S(Cl)Cl. The first-order valence-electron chi connectivity index (χ1n) is 46.7. The van der Waals surface area contributed by atoms with E-state index in [0.717, 1.165) is 89.6 Å². The van der Waals surface area contributed by atoms with Crippen molar-refractivity contribution in [3.8, 4) is 0 Å². The summed E-state index contributed by atoms with van der Waals surface area (Å²) < 4.78 is 9.09. The molecule has 1 heterocycles. The third kappa shape index (κ3) is 31.5. The zero-order chi connectivity index (χ0) is 101. The number of nitrogens with zero attached hydrogens (tertiary/aromatic N) is 4. The Balaban J connectivity index is 0.000000253. The zero-order valence-electron chi connectivity index (χ0n) is 81.1. The van der Waals surface area contributed by atoms with Gasteiger partial charge in [-0.1, -0.05) is 175 Å². The van der Waals surface area contributed by atoms with E-state index in [9.17, 15) is 83.6 Å². The predicted octanol–water partition coefficient (Wildman–Crippen LogP) is 18.4. The number of carboxylic acid groups (broad SMARTS) is 1. The van der Waals surface area contributed by atoms with E-state index in [4.69, 9.17) is 32.4 Å². The van der Waals surface area contributed by atoms with E-state index >= 15 is 0 Å². The van der Waals surface area contributed by atoms with Crippen LogP contribution in [0.3, 0.4) is 0 Å². The number of hydrogen-bond donors (Lipinski definition) is 7. The van der Waals surface area contributed by atoms with Gasteiger partial charge in [0.2, 0.25) is 63.9 Å². The van der Waals surface area contributed by atoms with E-state index in [2.05, 4.69) is 139 Å². The van der Waals surface area contributed by atoms with Gasteiger partial charge in [-0.05, 0) is 256 Å². The molecule has 0 saturated heterocycles. The molecule has 9 N–H and O–H groups in total. The van der Waals surface area contributed by atoms with Gasteiger partial charge in [-0.25, -0.2) is 4.21 Å². The second-order valence-corrected chi connectivity index (χ2v) is 42.8. The molecule has 0 saturated carbocycles. The number of allylic oxidation sites excluding steroid dienone is 14. The minimum Gasteiger partial charge on any atom is -0.481 e. The van der Waals surface area contributed by atoms with Crippen LogP contribution in [0.15, 0.2) is 180 Å². The Bertz CT molecular complexity index is 4960. The van der Waals surface area contributed by atoms with Crippen LogP contribution in [-0.2, 0) is 59.5 Å². The summed E-state index contributed by atoms with van der Waals surface area (Å²) in [7, 11) is 7.36. The summed E-state index contributed by atoms with van der Waals surface area (Å²) in [5, 5.41) is 60.3. The van der Waals surface area contributed by atoms with E-state index in [0.29, 0.717) is 82.6 Å². The monoisotopic (exact) mass is 1930 g/mol. The molecule has 12 rings (SSSR count). The maximum absolute atomic E-state index is 13.2. The van der Waals surface area contributed by atoms with Crippen molar-refractivity contribution in [1.82, 2.24) is 20.9 Å². The number of carbonyl (C=O) groups excluding carboxylic acids is 7. The van der Waals surface area contributed by atoms with E-state index in [1.807, 2.05) is 100 Å². The molecular weight excluding hydrogens is 1800 g/mol. The molecule has 10 unspecified atom stereocenters. The van der Waals surface area contributed by atoms with Gasteiger partial charge < -0.3 is 37.5 Å². The first kappa shape index (κ1) is 113. The molecule has 13 atom stereocenters. The number of fused-ring (bicyclic) bond motifs is 13. The van der Waals surface area contributed by atoms with Crippen LogP contribution in [0.1, 0.15) is 251 Å². The van der Waals surface area contributed by atoms with Crippen molar-refractivity contribution in [2.24, 2.45) is 94.3 Å². The van der Waals surface area contributed by atoms with Crippen molar-refractivity contribution in [1.29, 1.82) is 0 Å². The Morgan fingerprint density at radius 2 is 0.791 bits per heavy atom. The first-order chi connectivity index (χ1) is 62.7. The normalized spacial score (nSPS) is 25.4. The van der Waals surface area contributed by atoms with Gasteiger partial charge >= 0.3 is 5.97 Å². The highest BCUT2D eigenvalue weighted by atomic mass is 36.0. The predicted molar refractivity (Wildman–Crippen MR) is 526 cm³/mol. The number of halogens is 3. The lowest BCUT2D eigenvalue weighted by atomic mass is 9.60. The molecule has 29 nitrogen and oxygen atoms in total. The molecule has 3 amide bonds. The molecule has 33 heteroatoms. The summed E-state index contributed by atoms with van der Waals surface area (Å²) in [4.78, 5) is 152. The molecule has 11 aliphatic rings. The summed E-state index contributed by atoms with van der Waals surface area (Å²) in [5.41, 5.74) is 28.9. The van der Waals surface area contributed by atoms with Gasteiger partial charge in [-0.2, -0.15) is 0 Å². The number of nitrogens with two attached hydrogens (primary N) is 2. The maximum Gasteiger partial charge on any atom is 0.313 e. The summed E-state index contributed by atoms with van der Waals surface area (Å²) in [6, 6.07) is 3.46. The molecule has 1 aromatic heterocycles. The molecule has 134 heavy (non-hydrogen) atoms. The third-order valence-corrected chi connectivity index (χ3v) is 26.5. The fourth-order valence-electron chi connectivity index (χ4n) is 22.2. The molecule has 0 aromatic carbocycles. The Labute approximate surface area is 804 Å². The van der Waals surface area contributed by atoms with Gasteiger partial charge in [0, 0.05) is 132 Å². The number of hydrogen-bond acceptors (Lipinski definition) is 20. The number of aliphatic carboxylic acids is 1. The standard InChI is InChI=1S/2C24H32N2O4.C23H33N3O2.C16H19NO.C7H12ClNO3.C7H13NO4.Cl2OS/c2*1-5-21-18-9-16(4)13-24(21,22-7-6-20(27)12-19(22)11-18)25-23(28)10-17(8-15(2)3)14-26(29)30;1-5-18-17-9-15(4)12-23(18,19-6-7-21(27)25-20(19)11-17)26-22(28)10-16(13-24)8-14(2)3;1-3-14-11-6-10(2)9-16(14,17)15-5-4-13(18)8-12(15)7-11;1-5(2)3-6(7(8)10)4-9(11)12;1-5(2)3-6(7(9)10)4-8(11)12;1-4(2)3/h2*5-7,9,15,17-18H,8,10-14H2,1-4H3,(H,25,28);5-7,9,14,16-17H,8,10-13,24H2,1-4H3,(H,25,27)(H,26,28);3-6,11H,7-9,17H2,1-2H3;5-6H,3-4H2,1-2H3;5-6H,3-4H2,1-2H3,(H,9,10);/b2*21-5+;18-5+;14-3+;;;/t2*17-,18?,24?;16-,17?,23?;;;;/m000..../s1. The zero-order valence-corrected chi connectivity index (χ0v) is 84.2. The van der Waals surface area contributed by atoms with E-state index in [1.54, 1.807) is 24.3 Å². The van der Waals surface area contributed by atoms with Crippen molar-refractivity contribution in [3.63, 3.8) is 0 Å². The second kappa shape index (κ2) is 51.0. The summed E-state index contributed by atoms with van der Waals surface area (Å²) >= 11 is 5.19. The van der Waals surface area contributed by atoms with Crippen LogP contribution in [0.25, 0.3) is 0 Å². The van der Waals surface area contributed by atoms with Crippen LogP contribution < -0.4 is 33.0 Å². The Morgan fingerprint density at radius 1 is 0.478 bits per heavy atom. The van der Waals surface area contributed by atoms with Crippen molar-refractivity contribution in [2.45, 2.75) is 269 Å². The number of carbonyl (C=O) groups is 8.